The Morgan fingerprint density at radius 2 is 1.37 bits per heavy atom. The minimum atomic E-state index is -2.26. The number of nitrogen functional groups attached to an aromatic ring is 1. The Kier molecular flexibility index (Phi) is 39.5. The second-order valence-electron chi connectivity index (χ2n) is 25.0. The van der Waals surface area contributed by atoms with E-state index in [1.165, 1.54) is 24.6 Å². The zero-order valence-electron chi connectivity index (χ0n) is 58.9. The van der Waals surface area contributed by atoms with E-state index >= 15 is 4.79 Å². The number of anilines is 1. The number of thiazole rings is 2. The van der Waals surface area contributed by atoms with Crippen molar-refractivity contribution in [3.8, 4) is 10.7 Å². The molecular formula is C59H95Cl4N19O26S2. The highest BCUT2D eigenvalue weighted by Gasteiger charge is 2.54. The minimum absolute atomic E-state index is 0. The van der Waals surface area contributed by atoms with Crippen LogP contribution in [0, 0.1) is 6.92 Å². The number of ether oxygens (including phenoxy) is 7. The Labute approximate surface area is 658 Å². The van der Waals surface area contributed by atoms with Crippen LogP contribution < -0.4 is 72.0 Å². The van der Waals surface area contributed by atoms with Gasteiger partial charge in [0.15, 0.2) is 37.3 Å². The summed E-state index contributed by atoms with van der Waals surface area (Å²) in [4.78, 5) is 132. The first-order valence-corrected chi connectivity index (χ1v) is 34.6. The van der Waals surface area contributed by atoms with Crippen molar-refractivity contribution in [2.24, 2.45) is 34.4 Å². The highest BCUT2D eigenvalue weighted by atomic mass is 35.5. The SMILES string of the molecule is Cc1c(N)nc([C@H](CC(N)=O)NC[C@H](N)C(N)=O)nc1C(=O)N[C@H](C(=O)N[C@H](C)[C@@H](O)CC(=O)N[C@H](C(=O)NC(OC1OC(C)C(N)C(O)C1O)C(O)c1nc(-c2nc(C(=O)NCCCCN)cs2)cs1)[C@@H](C)O)[C@@H](OC1OC(CO)C(O)C(O)C1OC1OC(CO)C(O)C(OC(N)=O)C1O)c1cnc[nH]1.Cl.Cl.Cl.Cl. The molecule has 51 heteroatoms. The topological polar surface area (TPSA) is 758 Å². The average Bonchev–Trinajstić information content (AvgIpc) is 0.891. The maximum Gasteiger partial charge on any atom is 0.404 e. The largest absolute Gasteiger partial charge is 0.441 e. The summed E-state index contributed by atoms with van der Waals surface area (Å²) in [5.41, 5.74) is 39.0. The quantitative estimate of drug-likeness (QED) is 0.0147. The van der Waals surface area contributed by atoms with Gasteiger partial charge in [0.25, 0.3) is 11.8 Å². The van der Waals surface area contributed by atoms with Crippen molar-refractivity contribution in [1.29, 1.82) is 0 Å². The fourth-order valence-electron chi connectivity index (χ4n) is 10.9. The third-order valence-corrected chi connectivity index (χ3v) is 18.9. The lowest BCUT2D eigenvalue weighted by atomic mass is 9.97. The van der Waals surface area contributed by atoms with Crippen LogP contribution in [0.5, 0.6) is 0 Å². The summed E-state index contributed by atoms with van der Waals surface area (Å²) in [6.07, 6.45) is -36.4. The number of amides is 8. The molecule has 110 heavy (non-hydrogen) atoms. The molecule has 25 atom stereocenters. The third-order valence-electron chi connectivity index (χ3n) is 17.1. The normalized spacial score (nSPS) is 26.5. The molecule has 0 aromatic carbocycles. The molecule has 8 amide bonds. The van der Waals surface area contributed by atoms with Gasteiger partial charge >= 0.3 is 6.09 Å². The number of halogens is 4. The lowest BCUT2D eigenvalue weighted by molar-refractivity contribution is -0.372. The van der Waals surface area contributed by atoms with Gasteiger partial charge in [0, 0.05) is 35.8 Å². The van der Waals surface area contributed by atoms with Crippen molar-refractivity contribution in [3.05, 3.63) is 56.8 Å². The highest BCUT2D eigenvalue weighted by molar-refractivity contribution is 7.14. The lowest BCUT2D eigenvalue weighted by Crippen LogP contribution is -2.65. The summed E-state index contributed by atoms with van der Waals surface area (Å²) in [5, 5.41) is 140. The number of rotatable bonds is 37. The number of primary amides is 3. The Morgan fingerprint density at radius 3 is 1.98 bits per heavy atom. The number of hydrogen-bond acceptors (Lipinski definition) is 38. The van der Waals surface area contributed by atoms with Crippen molar-refractivity contribution in [2.75, 3.05) is 38.6 Å². The van der Waals surface area contributed by atoms with Crippen molar-refractivity contribution >= 4 is 126 Å². The van der Waals surface area contributed by atoms with E-state index < -0.39 is 250 Å². The van der Waals surface area contributed by atoms with Crippen LogP contribution in [0.15, 0.2) is 23.3 Å². The van der Waals surface area contributed by atoms with Crippen LogP contribution in [0.4, 0.5) is 10.6 Å². The van der Waals surface area contributed by atoms with Crippen LogP contribution in [0.25, 0.3) is 10.7 Å². The predicted octanol–water partition coefficient (Wildman–Crippen LogP) is -9.16. The molecule has 3 aliphatic heterocycles. The molecule has 3 fully saturated rings. The van der Waals surface area contributed by atoms with Gasteiger partial charge in [0.1, 0.15) is 112 Å². The number of aromatic nitrogens is 6. The molecule has 0 aliphatic carbocycles. The van der Waals surface area contributed by atoms with Crippen LogP contribution in [0.3, 0.4) is 0 Å². The summed E-state index contributed by atoms with van der Waals surface area (Å²) in [6.45, 7) is 3.25. The van der Waals surface area contributed by atoms with Gasteiger partial charge in [0.05, 0.1) is 80.3 Å². The van der Waals surface area contributed by atoms with E-state index in [-0.39, 0.29) is 82.3 Å². The van der Waals surface area contributed by atoms with Gasteiger partial charge in [0.2, 0.25) is 29.5 Å². The van der Waals surface area contributed by atoms with E-state index in [4.69, 9.17) is 73.3 Å². The first-order valence-electron chi connectivity index (χ1n) is 32.9. The minimum Gasteiger partial charge on any atom is -0.441 e. The van der Waals surface area contributed by atoms with E-state index in [0.717, 1.165) is 49.0 Å². The smallest absolute Gasteiger partial charge is 0.404 e. The van der Waals surface area contributed by atoms with Crippen LogP contribution >= 0.6 is 72.3 Å². The number of nitrogens with one attached hydrogen (secondary N) is 7. The zero-order chi connectivity index (χ0) is 78.3. The molecule has 17 unspecified atom stereocenters. The standard InChI is InChI=1S/C59H91N19O26S2.4ClH/c1-18-33(75-48(77-46(18)64)23(9-30(62)83)69-11-22(61)47(65)92)50(94)76-35(43(24-12-67-17-70-24)101-58-45(39(88)36(85)28(13-79)100-58)102-57-41(90)44(103-59(66)97)37(86)29(14-80)99-57)52(96)71-19(2)27(82)10-31(84)74-34(20(3)81)51(95)78-53(104-56-40(89)38(87)32(63)21(4)98-56)42(91)55-73-26(16-106-55)54-72-25(15-105-54)49(93)68-8-6-5-7-60;;;;/h12,15-17,19-23,27-29,32,34-45,53,56-58,69,79-82,85-91H,5-11,13-14,60-61,63H2,1-4H3,(H2,62,83)(H2,65,92)(H2,66,97)(H,67,70)(H,68,93)(H,71,96)(H,74,84)(H,76,94)(H,78,95)(H2,64,75,77);4*1H/t19-,20-,21?,22+,23+,27+,28?,29?,32?,34+,35+,36?,37?,38?,39?,40?,41?,42?,43+,44?,45?,53?,56?,57?,58?;;;;/m1..../s1. The van der Waals surface area contributed by atoms with Gasteiger partial charge in [-0.1, -0.05) is 0 Å². The number of nitrogens with zero attached hydrogens (tertiary/aromatic N) is 5. The van der Waals surface area contributed by atoms with Gasteiger partial charge in [-0.25, -0.2) is 29.7 Å². The molecule has 7 rings (SSSR count). The van der Waals surface area contributed by atoms with Crippen molar-refractivity contribution in [2.45, 2.75) is 206 Å². The average molecular weight is 1690 g/mol. The number of nitrogens with two attached hydrogens (primary N) is 7. The van der Waals surface area contributed by atoms with E-state index in [0.29, 0.717) is 25.9 Å². The zero-order valence-corrected chi connectivity index (χ0v) is 63.8. The summed E-state index contributed by atoms with van der Waals surface area (Å²) < 4.78 is 40.3. The summed E-state index contributed by atoms with van der Waals surface area (Å²) in [5.74, 6) is -8.30. The number of aliphatic hydroxyl groups excluding tert-OH is 11. The van der Waals surface area contributed by atoms with Crippen LogP contribution in [-0.4, -0.2) is 301 Å². The molecule has 0 bridgehead atoms. The Bertz CT molecular complexity index is 3630. The van der Waals surface area contributed by atoms with Crippen LogP contribution in [0.2, 0.25) is 0 Å². The van der Waals surface area contributed by atoms with Crippen LogP contribution in [-0.2, 0) is 57.1 Å². The van der Waals surface area contributed by atoms with Crippen LogP contribution in [0.1, 0.15) is 108 Å². The van der Waals surface area contributed by atoms with Gasteiger partial charge in [-0.3, -0.25) is 33.6 Å². The molecule has 3 saturated heterocycles. The summed E-state index contributed by atoms with van der Waals surface area (Å²) in [7, 11) is 0. The monoisotopic (exact) mass is 1690 g/mol. The number of hydrogen-bond donors (Lipinski definition) is 25. The van der Waals surface area contributed by atoms with E-state index in [1.807, 2.05) is 0 Å². The number of aromatic amines is 1. The molecule has 4 aromatic rings. The molecule has 3 aliphatic rings. The number of carbonyl (C=O) groups excluding carboxylic acids is 8. The second-order valence-corrected chi connectivity index (χ2v) is 26.8. The predicted molar refractivity (Wildman–Crippen MR) is 388 cm³/mol. The maximum absolute atomic E-state index is 15.3. The number of carbonyl (C=O) groups is 8. The van der Waals surface area contributed by atoms with Crippen molar-refractivity contribution in [1.82, 2.24) is 61.8 Å². The molecule has 32 N–H and O–H groups in total. The molecule has 0 radical (unpaired) electrons. The van der Waals surface area contributed by atoms with Gasteiger partial charge in [-0.15, -0.1) is 72.3 Å². The number of unbranched alkanes of at least 4 members (excludes halogenated alkanes) is 1. The van der Waals surface area contributed by atoms with E-state index in [1.54, 1.807) is 0 Å². The third kappa shape index (κ3) is 25.1. The first kappa shape index (κ1) is 97.4. The van der Waals surface area contributed by atoms with Gasteiger partial charge in [-0.2, -0.15) is 0 Å². The number of aliphatic hydroxyl groups is 11. The summed E-state index contributed by atoms with van der Waals surface area (Å²) in [6, 6.07) is -9.65. The summed E-state index contributed by atoms with van der Waals surface area (Å²) >= 11 is 1.89. The van der Waals surface area contributed by atoms with E-state index in [2.05, 4.69) is 61.8 Å². The molecule has 45 nitrogen and oxygen atoms in total. The van der Waals surface area contributed by atoms with Crippen molar-refractivity contribution < 1.29 is 128 Å². The fourth-order valence-corrected chi connectivity index (χ4v) is 12.5. The molecule has 4 aromatic heterocycles. The molecular weight excluding hydrogens is 1600 g/mol. The molecule has 7 heterocycles. The maximum atomic E-state index is 15.3. The van der Waals surface area contributed by atoms with Crippen molar-refractivity contribution in [3.63, 3.8) is 0 Å². The Morgan fingerprint density at radius 1 is 0.718 bits per heavy atom. The number of imidazole rings is 1. The van der Waals surface area contributed by atoms with Gasteiger partial charge in [-0.05, 0) is 47.1 Å². The van der Waals surface area contributed by atoms with E-state index in [9.17, 15) is 89.7 Å². The second kappa shape index (κ2) is 44.6. The van der Waals surface area contributed by atoms with Gasteiger partial charge < -0.3 is 166 Å². The Balaban J connectivity index is 0.00000784. The first-order chi connectivity index (χ1) is 50.1. The molecule has 622 valence electrons. The highest BCUT2D eigenvalue weighted by Crippen LogP contribution is 2.36. The molecule has 0 spiro atoms. The lowest BCUT2D eigenvalue weighted by Gasteiger charge is -2.47. The molecule has 0 saturated carbocycles. The fraction of sp³-hybridized carbons (Fsp3) is 0.644. The Hall–Kier alpha value is -6.77. The number of H-pyrrole nitrogens is 1.